The average molecular weight is 320 g/mol. The molecule has 4 nitrogen and oxygen atoms in total. The van der Waals surface area contributed by atoms with Crippen molar-refractivity contribution in [2.24, 2.45) is 5.41 Å². The summed E-state index contributed by atoms with van der Waals surface area (Å²) >= 11 is 0. The van der Waals surface area contributed by atoms with E-state index in [9.17, 15) is 4.79 Å². The monoisotopic (exact) mass is 320 g/mol. The van der Waals surface area contributed by atoms with Crippen LogP contribution in [0.4, 0.5) is 0 Å². The van der Waals surface area contributed by atoms with Gasteiger partial charge in [0, 0.05) is 6.61 Å². The maximum atomic E-state index is 12.0. The molecular weight excluding hydrogens is 292 g/mol. The minimum absolute atomic E-state index is 0.0637. The molecule has 1 fully saturated rings. The summed E-state index contributed by atoms with van der Waals surface area (Å²) in [5, 5.41) is 0. The molecule has 1 atom stereocenters. The van der Waals surface area contributed by atoms with Crippen LogP contribution in [0.1, 0.15) is 51.2 Å². The molecule has 2 rings (SSSR count). The van der Waals surface area contributed by atoms with Gasteiger partial charge in [-0.25, -0.2) is 0 Å². The van der Waals surface area contributed by atoms with E-state index in [1.54, 1.807) is 0 Å². The van der Waals surface area contributed by atoms with Gasteiger partial charge in [0.25, 0.3) is 0 Å². The van der Waals surface area contributed by atoms with E-state index in [1.165, 1.54) is 6.42 Å². The van der Waals surface area contributed by atoms with Crippen LogP contribution in [0.25, 0.3) is 0 Å². The minimum atomic E-state index is -0.510. The Hall–Kier alpha value is -1.39. The lowest BCUT2D eigenvalue weighted by molar-refractivity contribution is -0.168. The molecule has 0 saturated carbocycles. The Morgan fingerprint density at radius 2 is 1.91 bits per heavy atom. The van der Waals surface area contributed by atoms with Gasteiger partial charge >= 0.3 is 5.97 Å². The smallest absolute Gasteiger partial charge is 0.311 e. The van der Waals surface area contributed by atoms with E-state index in [4.69, 9.17) is 14.2 Å². The van der Waals surface area contributed by atoms with Crippen LogP contribution in [0.15, 0.2) is 24.3 Å². The first-order valence-corrected chi connectivity index (χ1v) is 8.49. The molecule has 0 aromatic heterocycles. The van der Waals surface area contributed by atoms with Crippen molar-refractivity contribution in [3.63, 3.8) is 0 Å². The van der Waals surface area contributed by atoms with Crippen molar-refractivity contribution in [2.45, 2.75) is 59.4 Å². The lowest BCUT2D eigenvalue weighted by Gasteiger charge is -2.23. The fourth-order valence-corrected chi connectivity index (χ4v) is 2.69. The van der Waals surface area contributed by atoms with Crippen molar-refractivity contribution < 1.29 is 19.0 Å². The molecule has 1 aromatic carbocycles. The number of benzene rings is 1. The zero-order valence-electron chi connectivity index (χ0n) is 14.5. The first-order valence-electron chi connectivity index (χ1n) is 8.49. The van der Waals surface area contributed by atoms with Crippen LogP contribution in [0.5, 0.6) is 0 Å². The van der Waals surface area contributed by atoms with Gasteiger partial charge in [-0.05, 0) is 57.6 Å². The summed E-state index contributed by atoms with van der Waals surface area (Å²) in [6.45, 7) is 7.45. The van der Waals surface area contributed by atoms with Crippen LogP contribution < -0.4 is 0 Å². The second-order valence-corrected chi connectivity index (χ2v) is 6.70. The van der Waals surface area contributed by atoms with E-state index in [0.29, 0.717) is 19.6 Å². The molecule has 0 aliphatic carbocycles. The van der Waals surface area contributed by atoms with E-state index in [0.717, 1.165) is 30.6 Å². The molecule has 23 heavy (non-hydrogen) atoms. The number of rotatable bonds is 7. The highest BCUT2D eigenvalue weighted by Gasteiger charge is 2.29. The molecule has 1 aliphatic rings. The van der Waals surface area contributed by atoms with Gasteiger partial charge < -0.3 is 14.2 Å². The summed E-state index contributed by atoms with van der Waals surface area (Å²) in [6.07, 6.45) is 3.88. The molecule has 4 heteroatoms. The SMILES string of the molecule is CCOC(=O)C(C)(C)Cc1ccc(COC2CCCCO2)cc1. The Labute approximate surface area is 139 Å². The van der Waals surface area contributed by atoms with E-state index >= 15 is 0 Å². The fraction of sp³-hybridized carbons (Fsp3) is 0.632. The molecule has 1 heterocycles. The van der Waals surface area contributed by atoms with Gasteiger partial charge in [0.15, 0.2) is 6.29 Å². The summed E-state index contributed by atoms with van der Waals surface area (Å²) in [4.78, 5) is 12.0. The Kier molecular flexibility index (Phi) is 6.60. The predicted molar refractivity (Wildman–Crippen MR) is 88.9 cm³/mol. The molecule has 128 valence electrons. The molecule has 0 radical (unpaired) electrons. The maximum absolute atomic E-state index is 12.0. The van der Waals surface area contributed by atoms with Crippen LogP contribution in [-0.4, -0.2) is 25.5 Å². The number of hydrogen-bond donors (Lipinski definition) is 0. The van der Waals surface area contributed by atoms with Gasteiger partial charge in [-0.3, -0.25) is 4.79 Å². The van der Waals surface area contributed by atoms with Crippen molar-refractivity contribution in [3.8, 4) is 0 Å². The van der Waals surface area contributed by atoms with Crippen molar-refractivity contribution in [1.29, 1.82) is 0 Å². The summed E-state index contributed by atoms with van der Waals surface area (Å²) in [7, 11) is 0. The van der Waals surface area contributed by atoms with Crippen molar-refractivity contribution in [1.82, 2.24) is 0 Å². The van der Waals surface area contributed by atoms with Crippen LogP contribution >= 0.6 is 0 Å². The molecule has 0 amide bonds. The van der Waals surface area contributed by atoms with Crippen molar-refractivity contribution in [3.05, 3.63) is 35.4 Å². The van der Waals surface area contributed by atoms with Crippen molar-refractivity contribution in [2.75, 3.05) is 13.2 Å². The van der Waals surface area contributed by atoms with Crippen LogP contribution in [0, 0.1) is 5.41 Å². The highest BCUT2D eigenvalue weighted by atomic mass is 16.7. The fourth-order valence-electron chi connectivity index (χ4n) is 2.69. The molecule has 0 N–H and O–H groups in total. The topological polar surface area (TPSA) is 44.8 Å². The summed E-state index contributed by atoms with van der Waals surface area (Å²) in [6, 6.07) is 8.22. The maximum Gasteiger partial charge on any atom is 0.311 e. The van der Waals surface area contributed by atoms with Gasteiger partial charge in [0.2, 0.25) is 0 Å². The predicted octanol–water partition coefficient (Wildman–Crippen LogP) is 3.86. The molecular formula is C19H28O4. The number of esters is 1. The second kappa shape index (κ2) is 8.46. The van der Waals surface area contributed by atoms with Gasteiger partial charge in [-0.15, -0.1) is 0 Å². The largest absolute Gasteiger partial charge is 0.466 e. The Morgan fingerprint density at radius 1 is 1.22 bits per heavy atom. The quantitative estimate of drug-likeness (QED) is 0.716. The van der Waals surface area contributed by atoms with E-state index in [-0.39, 0.29) is 12.3 Å². The minimum Gasteiger partial charge on any atom is -0.466 e. The summed E-state index contributed by atoms with van der Waals surface area (Å²) < 4.78 is 16.5. The van der Waals surface area contributed by atoms with Crippen LogP contribution in [0.2, 0.25) is 0 Å². The number of hydrogen-bond acceptors (Lipinski definition) is 4. The third-order valence-electron chi connectivity index (χ3n) is 4.07. The number of carbonyl (C=O) groups is 1. The lowest BCUT2D eigenvalue weighted by Crippen LogP contribution is -2.29. The number of carbonyl (C=O) groups excluding carboxylic acids is 1. The van der Waals surface area contributed by atoms with Gasteiger partial charge in [0.1, 0.15) is 0 Å². The van der Waals surface area contributed by atoms with E-state index < -0.39 is 5.41 Å². The van der Waals surface area contributed by atoms with Gasteiger partial charge in [-0.2, -0.15) is 0 Å². The zero-order valence-corrected chi connectivity index (χ0v) is 14.5. The summed E-state index contributed by atoms with van der Waals surface area (Å²) in [5.74, 6) is -0.151. The molecule has 0 bridgehead atoms. The third kappa shape index (κ3) is 5.63. The van der Waals surface area contributed by atoms with Crippen LogP contribution in [0.3, 0.4) is 0 Å². The average Bonchev–Trinajstić information content (AvgIpc) is 2.55. The summed E-state index contributed by atoms with van der Waals surface area (Å²) in [5.41, 5.74) is 1.74. The van der Waals surface area contributed by atoms with Gasteiger partial charge in [-0.1, -0.05) is 24.3 Å². The van der Waals surface area contributed by atoms with E-state index in [1.807, 2.05) is 20.8 Å². The normalized spacial score (nSPS) is 18.7. The molecule has 0 spiro atoms. The van der Waals surface area contributed by atoms with Crippen molar-refractivity contribution >= 4 is 5.97 Å². The molecule has 1 aromatic rings. The third-order valence-corrected chi connectivity index (χ3v) is 4.07. The highest BCUT2D eigenvalue weighted by Crippen LogP contribution is 2.24. The highest BCUT2D eigenvalue weighted by molar-refractivity contribution is 5.76. The standard InChI is InChI=1S/C19H28O4/c1-4-21-18(20)19(2,3)13-15-8-10-16(11-9-15)14-23-17-7-5-6-12-22-17/h8-11,17H,4-7,12-14H2,1-3H3. The first-order chi connectivity index (χ1) is 11.0. The lowest BCUT2D eigenvalue weighted by atomic mass is 9.85. The molecule has 1 aliphatic heterocycles. The van der Waals surface area contributed by atoms with E-state index in [2.05, 4.69) is 24.3 Å². The number of ether oxygens (including phenoxy) is 3. The zero-order chi connectivity index (χ0) is 16.7. The molecule has 1 unspecified atom stereocenters. The Morgan fingerprint density at radius 3 is 2.52 bits per heavy atom. The second-order valence-electron chi connectivity index (χ2n) is 6.70. The van der Waals surface area contributed by atoms with Crippen LogP contribution in [-0.2, 0) is 32.0 Å². The molecule has 1 saturated heterocycles. The first kappa shape index (κ1) is 18.0. The Balaban J connectivity index is 1.85. The Bertz CT molecular complexity index is 487. The van der Waals surface area contributed by atoms with Gasteiger partial charge in [0.05, 0.1) is 18.6 Å².